The highest BCUT2D eigenvalue weighted by molar-refractivity contribution is 5.84. The second kappa shape index (κ2) is 5.58. The molecular weight excluding hydrogens is 266 g/mol. The Kier molecular flexibility index (Phi) is 3.47. The van der Waals surface area contributed by atoms with Gasteiger partial charge < -0.3 is 4.74 Å². The first-order chi connectivity index (χ1) is 10.3. The monoisotopic (exact) mass is 279 g/mol. The number of methoxy groups -OCH3 is 1. The standard InChI is InChI=1S/C16H13N3O2/c1-21-14-5-3-2-4-12(14)15-13(10-18-19-16(15)20)11-6-8-17-9-7-11/h2-10H,1H3,(H,19,20). The number of aromatic nitrogens is 3. The number of benzene rings is 1. The van der Waals surface area contributed by atoms with E-state index in [0.29, 0.717) is 11.3 Å². The van der Waals surface area contributed by atoms with Crippen molar-refractivity contribution in [2.75, 3.05) is 7.11 Å². The second-order valence-corrected chi connectivity index (χ2v) is 4.42. The largest absolute Gasteiger partial charge is 0.496 e. The molecule has 0 aliphatic heterocycles. The number of aromatic amines is 1. The maximum Gasteiger partial charge on any atom is 0.272 e. The number of rotatable bonds is 3. The fourth-order valence-corrected chi connectivity index (χ4v) is 2.27. The molecule has 0 bridgehead atoms. The third-order valence-electron chi connectivity index (χ3n) is 3.22. The zero-order valence-corrected chi connectivity index (χ0v) is 11.4. The Morgan fingerprint density at radius 1 is 1.05 bits per heavy atom. The van der Waals surface area contributed by atoms with Crippen molar-refractivity contribution in [1.82, 2.24) is 15.2 Å². The van der Waals surface area contributed by atoms with E-state index in [-0.39, 0.29) is 5.56 Å². The number of nitrogens with one attached hydrogen (secondary N) is 1. The lowest BCUT2D eigenvalue weighted by atomic mass is 9.97. The van der Waals surface area contributed by atoms with Gasteiger partial charge in [0, 0.05) is 23.5 Å². The zero-order valence-electron chi connectivity index (χ0n) is 11.4. The molecule has 0 unspecified atom stereocenters. The van der Waals surface area contributed by atoms with Gasteiger partial charge in [-0.15, -0.1) is 0 Å². The first-order valence-electron chi connectivity index (χ1n) is 6.42. The molecule has 0 aliphatic rings. The highest BCUT2D eigenvalue weighted by Gasteiger charge is 2.15. The van der Waals surface area contributed by atoms with Crippen molar-refractivity contribution < 1.29 is 4.74 Å². The molecule has 0 saturated heterocycles. The summed E-state index contributed by atoms with van der Waals surface area (Å²) in [5.74, 6) is 0.643. The van der Waals surface area contributed by atoms with E-state index in [1.54, 1.807) is 25.7 Å². The summed E-state index contributed by atoms with van der Waals surface area (Å²) in [5, 5.41) is 6.39. The molecule has 0 radical (unpaired) electrons. The molecule has 3 rings (SSSR count). The first-order valence-corrected chi connectivity index (χ1v) is 6.42. The average molecular weight is 279 g/mol. The molecule has 1 N–H and O–H groups in total. The van der Waals surface area contributed by atoms with Crippen molar-refractivity contribution in [1.29, 1.82) is 0 Å². The predicted octanol–water partition coefficient (Wildman–Crippen LogP) is 2.51. The lowest BCUT2D eigenvalue weighted by Crippen LogP contribution is -2.12. The van der Waals surface area contributed by atoms with Crippen LogP contribution in [0.25, 0.3) is 22.3 Å². The highest BCUT2D eigenvalue weighted by atomic mass is 16.5. The second-order valence-electron chi connectivity index (χ2n) is 4.42. The van der Waals surface area contributed by atoms with Gasteiger partial charge in [0.1, 0.15) is 5.75 Å². The molecule has 0 fully saturated rings. The molecule has 2 aromatic heterocycles. The summed E-state index contributed by atoms with van der Waals surface area (Å²) in [5.41, 5.74) is 2.63. The number of para-hydroxylation sites is 1. The quantitative estimate of drug-likeness (QED) is 0.800. The van der Waals surface area contributed by atoms with E-state index >= 15 is 0 Å². The summed E-state index contributed by atoms with van der Waals surface area (Å²) in [6.07, 6.45) is 5.00. The SMILES string of the molecule is COc1ccccc1-c1c(-c2ccncc2)cn[nH]c1=O. The molecule has 0 atom stereocenters. The minimum absolute atomic E-state index is 0.256. The topological polar surface area (TPSA) is 67.9 Å². The normalized spacial score (nSPS) is 10.3. The van der Waals surface area contributed by atoms with Crippen molar-refractivity contribution in [3.05, 3.63) is 65.3 Å². The number of ether oxygens (including phenoxy) is 1. The molecule has 0 amide bonds. The predicted molar refractivity (Wildman–Crippen MR) is 80.1 cm³/mol. The van der Waals surface area contributed by atoms with Crippen molar-refractivity contribution in [2.45, 2.75) is 0 Å². The molecule has 5 heteroatoms. The molecular formula is C16H13N3O2. The fraction of sp³-hybridized carbons (Fsp3) is 0.0625. The van der Waals surface area contributed by atoms with Gasteiger partial charge in [-0.3, -0.25) is 9.78 Å². The third-order valence-corrected chi connectivity index (χ3v) is 3.22. The average Bonchev–Trinajstić information content (AvgIpc) is 2.55. The van der Waals surface area contributed by atoms with Gasteiger partial charge in [0.25, 0.3) is 5.56 Å². The Morgan fingerprint density at radius 2 is 1.81 bits per heavy atom. The minimum Gasteiger partial charge on any atom is -0.496 e. The summed E-state index contributed by atoms with van der Waals surface area (Å²) in [4.78, 5) is 16.3. The van der Waals surface area contributed by atoms with Crippen molar-refractivity contribution >= 4 is 0 Å². The molecule has 1 aromatic carbocycles. The van der Waals surface area contributed by atoms with Crippen LogP contribution in [0.3, 0.4) is 0 Å². The van der Waals surface area contributed by atoms with E-state index in [1.165, 1.54) is 0 Å². The van der Waals surface area contributed by atoms with Crippen LogP contribution in [0.2, 0.25) is 0 Å². The van der Waals surface area contributed by atoms with Gasteiger partial charge in [-0.2, -0.15) is 5.10 Å². The summed E-state index contributed by atoms with van der Waals surface area (Å²) < 4.78 is 5.36. The van der Waals surface area contributed by atoms with Gasteiger partial charge in [-0.25, -0.2) is 5.10 Å². The van der Waals surface area contributed by atoms with Gasteiger partial charge in [-0.05, 0) is 23.8 Å². The number of nitrogens with zero attached hydrogens (tertiary/aromatic N) is 2. The molecule has 5 nitrogen and oxygen atoms in total. The summed E-state index contributed by atoms with van der Waals surface area (Å²) in [7, 11) is 1.58. The maximum atomic E-state index is 12.3. The Labute approximate surface area is 121 Å². The van der Waals surface area contributed by atoms with E-state index in [0.717, 1.165) is 16.7 Å². The van der Waals surface area contributed by atoms with Crippen LogP contribution < -0.4 is 10.3 Å². The minimum atomic E-state index is -0.256. The summed E-state index contributed by atoms with van der Waals surface area (Å²) in [6, 6.07) is 11.1. The van der Waals surface area contributed by atoms with Crippen molar-refractivity contribution in [3.8, 4) is 28.0 Å². The Morgan fingerprint density at radius 3 is 2.57 bits per heavy atom. The fourth-order valence-electron chi connectivity index (χ4n) is 2.27. The molecule has 104 valence electrons. The molecule has 0 saturated carbocycles. The van der Waals surface area contributed by atoms with Crippen LogP contribution in [0.15, 0.2) is 59.8 Å². The van der Waals surface area contributed by atoms with Crippen LogP contribution in [-0.4, -0.2) is 22.3 Å². The van der Waals surface area contributed by atoms with E-state index in [2.05, 4.69) is 15.2 Å². The van der Waals surface area contributed by atoms with Crippen LogP contribution in [-0.2, 0) is 0 Å². The van der Waals surface area contributed by atoms with Gasteiger partial charge >= 0.3 is 0 Å². The maximum absolute atomic E-state index is 12.3. The smallest absolute Gasteiger partial charge is 0.272 e. The Bertz CT molecular complexity index is 813. The molecule has 2 heterocycles. The zero-order chi connectivity index (χ0) is 14.7. The van der Waals surface area contributed by atoms with Crippen LogP contribution in [0.5, 0.6) is 5.75 Å². The lowest BCUT2D eigenvalue weighted by molar-refractivity contribution is 0.416. The molecule has 21 heavy (non-hydrogen) atoms. The molecule has 0 aliphatic carbocycles. The van der Waals surface area contributed by atoms with E-state index in [9.17, 15) is 4.79 Å². The Balaban J connectivity index is 2.31. The van der Waals surface area contributed by atoms with E-state index in [4.69, 9.17) is 4.74 Å². The summed E-state index contributed by atoms with van der Waals surface area (Å²) in [6.45, 7) is 0. The molecule has 0 spiro atoms. The highest BCUT2D eigenvalue weighted by Crippen LogP contribution is 2.33. The van der Waals surface area contributed by atoms with E-state index < -0.39 is 0 Å². The van der Waals surface area contributed by atoms with Gasteiger partial charge in [0.05, 0.1) is 18.9 Å². The first kappa shape index (κ1) is 13.1. The van der Waals surface area contributed by atoms with E-state index in [1.807, 2.05) is 36.4 Å². The van der Waals surface area contributed by atoms with Crippen LogP contribution in [0, 0.1) is 0 Å². The van der Waals surface area contributed by atoms with Crippen LogP contribution in [0.4, 0.5) is 0 Å². The van der Waals surface area contributed by atoms with Gasteiger partial charge in [-0.1, -0.05) is 18.2 Å². The third kappa shape index (κ3) is 2.41. The number of hydrogen-bond donors (Lipinski definition) is 1. The van der Waals surface area contributed by atoms with Crippen molar-refractivity contribution in [2.24, 2.45) is 0 Å². The van der Waals surface area contributed by atoms with Crippen molar-refractivity contribution in [3.63, 3.8) is 0 Å². The number of H-pyrrole nitrogens is 1. The number of pyridine rings is 1. The molecule has 3 aromatic rings. The van der Waals surface area contributed by atoms with Gasteiger partial charge in [0.15, 0.2) is 0 Å². The Hall–Kier alpha value is -2.95. The summed E-state index contributed by atoms with van der Waals surface area (Å²) >= 11 is 0. The van der Waals surface area contributed by atoms with Gasteiger partial charge in [0.2, 0.25) is 0 Å². The lowest BCUT2D eigenvalue weighted by Gasteiger charge is -2.11. The van der Waals surface area contributed by atoms with Crippen LogP contribution >= 0.6 is 0 Å². The number of hydrogen-bond acceptors (Lipinski definition) is 4. The van der Waals surface area contributed by atoms with Crippen LogP contribution in [0.1, 0.15) is 0 Å².